The molecule has 1 heterocycles. The molecule has 0 bridgehead atoms. The van der Waals surface area contributed by atoms with Crippen molar-refractivity contribution in [2.24, 2.45) is 0 Å². The quantitative estimate of drug-likeness (QED) is 0.892. The van der Waals surface area contributed by atoms with Gasteiger partial charge in [-0.05, 0) is 30.2 Å². The minimum absolute atomic E-state index is 0.635. The molecule has 0 spiro atoms. The molecule has 1 unspecified atom stereocenters. The Morgan fingerprint density at radius 1 is 1.38 bits per heavy atom. The van der Waals surface area contributed by atoms with Crippen LogP contribution in [0.5, 0.6) is 0 Å². The number of rotatable bonds is 4. The average Bonchev–Trinajstić information content (AvgIpc) is 2.77. The Balaban J connectivity index is 1.82. The predicted octanol–water partition coefficient (Wildman–Crippen LogP) is 3.98. The van der Waals surface area contributed by atoms with E-state index >= 15 is 0 Å². The normalized spacial score (nSPS) is 20.2. The molecule has 2 rings (SSSR count). The number of thioether (sulfide) groups is 1. The van der Waals surface area contributed by atoms with Crippen molar-refractivity contribution in [3.63, 3.8) is 0 Å². The number of hydrogen-bond donors (Lipinski definition) is 1. The van der Waals surface area contributed by atoms with Crippen LogP contribution in [0.25, 0.3) is 0 Å². The summed E-state index contributed by atoms with van der Waals surface area (Å²) >= 11 is 14.1. The van der Waals surface area contributed by atoms with E-state index in [2.05, 4.69) is 17.1 Å². The van der Waals surface area contributed by atoms with Crippen molar-refractivity contribution in [1.29, 1.82) is 0 Å². The van der Waals surface area contributed by atoms with Gasteiger partial charge in [0.05, 0.1) is 10.0 Å². The fourth-order valence-electron chi connectivity index (χ4n) is 1.86. The molecule has 1 aliphatic heterocycles. The van der Waals surface area contributed by atoms with Crippen molar-refractivity contribution in [3.8, 4) is 0 Å². The highest BCUT2D eigenvalue weighted by Crippen LogP contribution is 2.27. The second-order valence-corrected chi connectivity index (χ2v) is 6.17. The molecule has 1 N–H and O–H groups in total. The molecule has 1 nitrogen and oxygen atoms in total. The molecule has 1 atom stereocenters. The van der Waals surface area contributed by atoms with Gasteiger partial charge >= 0.3 is 0 Å². The third kappa shape index (κ3) is 3.30. The van der Waals surface area contributed by atoms with E-state index in [1.807, 2.05) is 18.2 Å². The van der Waals surface area contributed by atoms with E-state index in [9.17, 15) is 0 Å². The summed E-state index contributed by atoms with van der Waals surface area (Å²) in [6, 6.07) is 5.78. The summed E-state index contributed by atoms with van der Waals surface area (Å²) in [5.74, 6) is 1.31. The highest BCUT2D eigenvalue weighted by Gasteiger charge is 2.14. The van der Waals surface area contributed by atoms with Crippen LogP contribution < -0.4 is 5.32 Å². The Morgan fingerprint density at radius 2 is 2.25 bits per heavy atom. The van der Waals surface area contributed by atoms with E-state index in [1.165, 1.54) is 18.6 Å². The first-order valence-electron chi connectivity index (χ1n) is 5.52. The average molecular weight is 276 g/mol. The van der Waals surface area contributed by atoms with Crippen molar-refractivity contribution >= 4 is 35.0 Å². The lowest BCUT2D eigenvalue weighted by Crippen LogP contribution is -2.22. The fraction of sp³-hybridized carbons (Fsp3) is 0.500. The lowest BCUT2D eigenvalue weighted by Gasteiger charge is -2.11. The van der Waals surface area contributed by atoms with Gasteiger partial charge < -0.3 is 5.32 Å². The van der Waals surface area contributed by atoms with Gasteiger partial charge in [-0.15, -0.1) is 0 Å². The largest absolute Gasteiger partial charge is 0.312 e. The summed E-state index contributed by atoms with van der Waals surface area (Å²) in [7, 11) is 0. The Morgan fingerprint density at radius 3 is 3.00 bits per heavy atom. The molecule has 0 amide bonds. The second-order valence-electron chi connectivity index (χ2n) is 3.98. The van der Waals surface area contributed by atoms with Gasteiger partial charge in [0.1, 0.15) is 0 Å². The summed E-state index contributed by atoms with van der Waals surface area (Å²) in [6.07, 6.45) is 2.69. The smallest absolute Gasteiger partial charge is 0.0637 e. The lowest BCUT2D eigenvalue weighted by molar-refractivity contribution is 0.646. The van der Waals surface area contributed by atoms with Crippen LogP contribution in [0.4, 0.5) is 0 Å². The van der Waals surface area contributed by atoms with Gasteiger partial charge in [0, 0.05) is 18.3 Å². The van der Waals surface area contributed by atoms with Crippen molar-refractivity contribution in [3.05, 3.63) is 33.8 Å². The van der Waals surface area contributed by atoms with Gasteiger partial charge in [-0.1, -0.05) is 35.3 Å². The molecule has 16 heavy (non-hydrogen) atoms. The molecular formula is C12H15Cl2NS. The van der Waals surface area contributed by atoms with Crippen molar-refractivity contribution in [2.75, 3.05) is 12.3 Å². The lowest BCUT2D eigenvalue weighted by atomic mass is 10.2. The highest BCUT2D eigenvalue weighted by atomic mass is 35.5. The molecule has 88 valence electrons. The summed E-state index contributed by atoms with van der Waals surface area (Å²) in [4.78, 5) is 0. The first kappa shape index (κ1) is 12.6. The zero-order chi connectivity index (χ0) is 11.4. The molecule has 4 heteroatoms. The van der Waals surface area contributed by atoms with Gasteiger partial charge in [-0.2, -0.15) is 11.8 Å². The van der Waals surface area contributed by atoms with Crippen LogP contribution >= 0.6 is 35.0 Å². The molecule has 0 aromatic heterocycles. The number of nitrogens with one attached hydrogen (secondary N) is 1. The Labute approximate surface area is 111 Å². The van der Waals surface area contributed by atoms with E-state index in [-0.39, 0.29) is 0 Å². The van der Waals surface area contributed by atoms with E-state index in [4.69, 9.17) is 23.2 Å². The Hall–Kier alpha value is 0.110. The van der Waals surface area contributed by atoms with Gasteiger partial charge in [0.15, 0.2) is 0 Å². The third-order valence-electron chi connectivity index (χ3n) is 2.74. The number of benzene rings is 1. The minimum Gasteiger partial charge on any atom is -0.312 e. The fourth-order valence-corrected chi connectivity index (χ4v) is 3.48. The number of halogens is 2. The van der Waals surface area contributed by atoms with Gasteiger partial charge in [-0.3, -0.25) is 0 Å². The van der Waals surface area contributed by atoms with Crippen LogP contribution in [0.15, 0.2) is 18.2 Å². The first-order chi connectivity index (χ1) is 7.77. The summed E-state index contributed by atoms with van der Waals surface area (Å²) in [5.41, 5.74) is 1.08. The van der Waals surface area contributed by atoms with Crippen molar-refractivity contribution < 1.29 is 0 Å². The topological polar surface area (TPSA) is 12.0 Å². The molecule has 1 aromatic rings. The van der Waals surface area contributed by atoms with E-state index in [1.54, 1.807) is 0 Å². The highest BCUT2D eigenvalue weighted by molar-refractivity contribution is 8.00. The molecule has 0 saturated carbocycles. The van der Waals surface area contributed by atoms with Crippen molar-refractivity contribution in [1.82, 2.24) is 5.32 Å². The van der Waals surface area contributed by atoms with Crippen LogP contribution in [-0.2, 0) is 6.54 Å². The summed E-state index contributed by atoms with van der Waals surface area (Å²) in [5, 5.41) is 5.54. The van der Waals surface area contributed by atoms with Crippen LogP contribution in [0.3, 0.4) is 0 Å². The van der Waals surface area contributed by atoms with Crippen LogP contribution in [0.2, 0.25) is 10.0 Å². The van der Waals surface area contributed by atoms with Crippen molar-refractivity contribution in [2.45, 2.75) is 24.6 Å². The standard InChI is InChI=1S/C12H15Cl2NS/c13-11-5-1-3-9(12(11)14)7-15-8-10-4-2-6-16-10/h1,3,5,10,15H,2,4,6-8H2. The zero-order valence-corrected chi connectivity index (χ0v) is 11.3. The molecule has 0 radical (unpaired) electrons. The maximum Gasteiger partial charge on any atom is 0.0637 e. The van der Waals surface area contributed by atoms with Crippen LogP contribution in [0.1, 0.15) is 18.4 Å². The van der Waals surface area contributed by atoms with E-state index in [0.717, 1.165) is 23.9 Å². The maximum absolute atomic E-state index is 6.11. The van der Waals surface area contributed by atoms with E-state index in [0.29, 0.717) is 10.0 Å². The first-order valence-corrected chi connectivity index (χ1v) is 7.33. The second kappa shape index (κ2) is 6.15. The Kier molecular flexibility index (Phi) is 4.83. The predicted molar refractivity (Wildman–Crippen MR) is 73.6 cm³/mol. The molecule has 1 fully saturated rings. The summed E-state index contributed by atoms with van der Waals surface area (Å²) in [6.45, 7) is 1.87. The van der Waals surface area contributed by atoms with Gasteiger partial charge in [-0.25, -0.2) is 0 Å². The minimum atomic E-state index is 0.635. The third-order valence-corrected chi connectivity index (χ3v) is 5.00. The molecule has 0 aliphatic carbocycles. The van der Waals surface area contributed by atoms with Gasteiger partial charge in [0.25, 0.3) is 0 Å². The van der Waals surface area contributed by atoms with E-state index < -0.39 is 0 Å². The molecule has 1 aromatic carbocycles. The maximum atomic E-state index is 6.11. The summed E-state index contributed by atoms with van der Waals surface area (Å²) < 4.78 is 0. The molecule has 1 saturated heterocycles. The SMILES string of the molecule is Clc1cccc(CNCC2CCCS2)c1Cl. The molecule has 1 aliphatic rings. The van der Waals surface area contributed by atoms with Gasteiger partial charge in [0.2, 0.25) is 0 Å². The van der Waals surface area contributed by atoms with Crippen LogP contribution in [0, 0.1) is 0 Å². The zero-order valence-electron chi connectivity index (χ0n) is 9.01. The Bertz CT molecular complexity index is 351. The number of hydrogen-bond acceptors (Lipinski definition) is 2. The monoisotopic (exact) mass is 275 g/mol. The van der Waals surface area contributed by atoms with Crippen LogP contribution in [-0.4, -0.2) is 17.5 Å². The molecular weight excluding hydrogens is 261 g/mol.